The number of alkyl halides is 3. The van der Waals surface area contributed by atoms with Gasteiger partial charge in [-0.2, -0.15) is 18.3 Å². The number of H-pyrrole nitrogens is 1. The highest BCUT2D eigenvalue weighted by molar-refractivity contribution is 6.11. The van der Waals surface area contributed by atoms with Gasteiger partial charge in [-0.15, -0.1) is 0 Å². The van der Waals surface area contributed by atoms with Gasteiger partial charge < -0.3 is 5.32 Å². The van der Waals surface area contributed by atoms with Crippen molar-refractivity contribution in [3.8, 4) is 11.1 Å². The Hall–Kier alpha value is -3.75. The summed E-state index contributed by atoms with van der Waals surface area (Å²) in [6, 6.07) is 10.7. The molecule has 140 valence electrons. The van der Waals surface area contributed by atoms with E-state index < -0.39 is 17.6 Å². The first-order valence-electron chi connectivity index (χ1n) is 8.15. The molecule has 0 saturated heterocycles. The number of hydrogen-bond acceptors (Lipinski definition) is 4. The van der Waals surface area contributed by atoms with Gasteiger partial charge >= 0.3 is 6.18 Å². The molecule has 9 heteroatoms. The number of halogens is 3. The predicted octanol–water partition coefficient (Wildman–Crippen LogP) is 4.29. The van der Waals surface area contributed by atoms with E-state index in [1.54, 1.807) is 30.6 Å². The summed E-state index contributed by atoms with van der Waals surface area (Å²) in [4.78, 5) is 20.4. The number of amides is 1. The molecule has 6 nitrogen and oxygen atoms in total. The molecule has 0 unspecified atom stereocenters. The number of hydrogen-bond donors (Lipinski definition) is 2. The van der Waals surface area contributed by atoms with Gasteiger partial charge in [-0.3, -0.25) is 14.9 Å². The Kier molecular flexibility index (Phi) is 4.26. The van der Waals surface area contributed by atoms with Gasteiger partial charge in [0.05, 0.1) is 11.1 Å². The van der Waals surface area contributed by atoms with Crippen LogP contribution in [0.15, 0.2) is 61.1 Å². The summed E-state index contributed by atoms with van der Waals surface area (Å²) in [5.74, 6) is -0.874. The first-order chi connectivity index (χ1) is 13.4. The first kappa shape index (κ1) is 17.7. The van der Waals surface area contributed by atoms with Gasteiger partial charge in [0.25, 0.3) is 5.91 Å². The Morgan fingerprint density at radius 1 is 1.04 bits per heavy atom. The molecule has 0 fully saturated rings. The van der Waals surface area contributed by atoms with Crippen LogP contribution >= 0.6 is 0 Å². The number of pyridine rings is 2. The molecular formula is C19H12F3N5O. The van der Waals surface area contributed by atoms with Crippen LogP contribution in [0.4, 0.5) is 19.0 Å². The minimum absolute atomic E-state index is 0.0555. The lowest BCUT2D eigenvalue weighted by molar-refractivity contribution is -0.137. The molecule has 0 bridgehead atoms. The van der Waals surface area contributed by atoms with Crippen LogP contribution in [0.1, 0.15) is 16.1 Å². The zero-order valence-electron chi connectivity index (χ0n) is 14.2. The van der Waals surface area contributed by atoms with Crippen molar-refractivity contribution in [2.75, 3.05) is 5.32 Å². The monoisotopic (exact) mass is 383 g/mol. The molecular weight excluding hydrogens is 371 g/mol. The van der Waals surface area contributed by atoms with Gasteiger partial charge in [0.2, 0.25) is 0 Å². The minimum atomic E-state index is -4.53. The zero-order valence-corrected chi connectivity index (χ0v) is 14.2. The third kappa shape index (κ3) is 3.41. The van der Waals surface area contributed by atoms with Gasteiger partial charge in [-0.25, -0.2) is 4.98 Å². The van der Waals surface area contributed by atoms with Crippen LogP contribution in [0.3, 0.4) is 0 Å². The number of aromatic amines is 1. The highest BCUT2D eigenvalue weighted by atomic mass is 19.4. The van der Waals surface area contributed by atoms with Crippen molar-refractivity contribution in [2.24, 2.45) is 0 Å². The van der Waals surface area contributed by atoms with Crippen molar-refractivity contribution in [2.45, 2.75) is 6.18 Å². The molecule has 0 radical (unpaired) electrons. The van der Waals surface area contributed by atoms with E-state index in [0.717, 1.165) is 29.5 Å². The fraction of sp³-hybridized carbons (Fsp3) is 0.0526. The lowest BCUT2D eigenvalue weighted by atomic mass is 10.0. The summed E-state index contributed by atoms with van der Waals surface area (Å²) in [5, 5.41) is 9.63. The van der Waals surface area contributed by atoms with Crippen LogP contribution in [-0.4, -0.2) is 26.1 Å². The topological polar surface area (TPSA) is 83.6 Å². The largest absolute Gasteiger partial charge is 0.416 e. The quantitative estimate of drug-likeness (QED) is 0.553. The number of carbonyl (C=O) groups excluding carboxylic acids is 1. The zero-order chi connectivity index (χ0) is 19.7. The molecule has 1 aromatic carbocycles. The SMILES string of the molecule is O=C(Nc1cc(C(F)(F)F)ccn1)c1n[nH]c2ccc(-c3cccnc3)cc12. The molecule has 4 aromatic rings. The number of aromatic nitrogens is 4. The predicted molar refractivity (Wildman–Crippen MR) is 96.5 cm³/mol. The second kappa shape index (κ2) is 6.76. The van der Waals surface area contributed by atoms with E-state index in [1.165, 1.54) is 0 Å². The average molecular weight is 383 g/mol. The highest BCUT2D eigenvalue weighted by Crippen LogP contribution is 2.30. The Balaban J connectivity index is 1.66. The Morgan fingerprint density at radius 2 is 1.89 bits per heavy atom. The standard InChI is InChI=1S/C19H12F3N5O/c20-19(21,22)13-5-7-24-16(9-13)25-18(28)17-14-8-11(3-4-15(14)26-27-17)12-2-1-6-23-10-12/h1-10H,(H,26,27)(H,24,25,28). The Bertz CT molecular complexity index is 1160. The van der Waals surface area contributed by atoms with Gasteiger partial charge in [-0.05, 0) is 35.9 Å². The molecule has 2 N–H and O–H groups in total. The normalized spacial score (nSPS) is 11.5. The van der Waals surface area contributed by atoms with Crippen molar-refractivity contribution in [1.82, 2.24) is 20.2 Å². The van der Waals surface area contributed by atoms with Gasteiger partial charge in [0, 0.05) is 29.5 Å². The summed E-state index contributed by atoms with van der Waals surface area (Å²) in [6.45, 7) is 0. The van der Waals surface area contributed by atoms with Crippen LogP contribution < -0.4 is 5.32 Å². The van der Waals surface area contributed by atoms with Gasteiger partial charge in [-0.1, -0.05) is 12.1 Å². The number of anilines is 1. The third-order valence-corrected chi connectivity index (χ3v) is 4.10. The summed E-state index contributed by atoms with van der Waals surface area (Å²) < 4.78 is 38.5. The molecule has 0 aliphatic carbocycles. The van der Waals surface area contributed by atoms with E-state index in [4.69, 9.17) is 0 Å². The number of fused-ring (bicyclic) bond motifs is 1. The number of nitrogens with zero attached hydrogens (tertiary/aromatic N) is 3. The molecule has 1 amide bonds. The smallest absolute Gasteiger partial charge is 0.305 e. The average Bonchev–Trinajstić information content (AvgIpc) is 3.11. The van der Waals surface area contributed by atoms with E-state index >= 15 is 0 Å². The molecule has 0 aliphatic heterocycles. The summed E-state index contributed by atoms with van der Waals surface area (Å²) >= 11 is 0. The van der Waals surface area contributed by atoms with Crippen molar-refractivity contribution >= 4 is 22.6 Å². The number of benzene rings is 1. The van der Waals surface area contributed by atoms with Crippen LogP contribution in [0.25, 0.3) is 22.0 Å². The number of carbonyl (C=O) groups is 1. The fourth-order valence-corrected chi connectivity index (χ4v) is 2.75. The molecule has 28 heavy (non-hydrogen) atoms. The maximum atomic E-state index is 12.8. The lowest BCUT2D eigenvalue weighted by Gasteiger charge is -2.08. The maximum Gasteiger partial charge on any atom is 0.416 e. The Labute approximate surface area is 156 Å². The second-order valence-corrected chi connectivity index (χ2v) is 5.96. The van der Waals surface area contributed by atoms with Crippen molar-refractivity contribution in [3.63, 3.8) is 0 Å². The molecule has 0 saturated carbocycles. The summed E-state index contributed by atoms with van der Waals surface area (Å²) in [5.41, 5.74) is 1.46. The number of rotatable bonds is 3. The maximum absolute atomic E-state index is 12.8. The van der Waals surface area contributed by atoms with Crippen molar-refractivity contribution in [1.29, 1.82) is 0 Å². The Morgan fingerprint density at radius 3 is 2.64 bits per heavy atom. The van der Waals surface area contributed by atoms with E-state index in [2.05, 4.69) is 25.5 Å². The van der Waals surface area contributed by atoms with Crippen molar-refractivity contribution < 1.29 is 18.0 Å². The van der Waals surface area contributed by atoms with E-state index in [9.17, 15) is 18.0 Å². The molecule has 3 aromatic heterocycles. The van der Waals surface area contributed by atoms with Crippen LogP contribution in [0.5, 0.6) is 0 Å². The highest BCUT2D eigenvalue weighted by Gasteiger charge is 2.31. The fourth-order valence-electron chi connectivity index (χ4n) is 2.75. The van der Waals surface area contributed by atoms with E-state index in [0.29, 0.717) is 10.9 Å². The molecule has 3 heterocycles. The molecule has 0 spiro atoms. The molecule has 4 rings (SSSR count). The van der Waals surface area contributed by atoms with Crippen LogP contribution in [0.2, 0.25) is 0 Å². The van der Waals surface area contributed by atoms with Crippen molar-refractivity contribution in [3.05, 3.63) is 72.3 Å². The van der Waals surface area contributed by atoms with Gasteiger partial charge in [0.1, 0.15) is 5.82 Å². The summed E-state index contributed by atoms with van der Waals surface area (Å²) in [7, 11) is 0. The first-order valence-corrected chi connectivity index (χ1v) is 8.15. The van der Waals surface area contributed by atoms with Crippen LogP contribution in [-0.2, 0) is 6.18 Å². The van der Waals surface area contributed by atoms with E-state index in [-0.39, 0.29) is 11.5 Å². The van der Waals surface area contributed by atoms with Crippen LogP contribution in [0, 0.1) is 0 Å². The third-order valence-electron chi connectivity index (χ3n) is 4.10. The number of nitrogens with one attached hydrogen (secondary N) is 2. The van der Waals surface area contributed by atoms with E-state index in [1.807, 2.05) is 12.1 Å². The minimum Gasteiger partial charge on any atom is -0.305 e. The summed E-state index contributed by atoms with van der Waals surface area (Å²) in [6.07, 6.45) is -0.198. The van der Waals surface area contributed by atoms with Gasteiger partial charge in [0.15, 0.2) is 5.69 Å². The lowest BCUT2D eigenvalue weighted by Crippen LogP contribution is -2.15. The second-order valence-electron chi connectivity index (χ2n) is 5.96. The molecule has 0 aliphatic rings. The molecule has 0 atom stereocenters.